The summed E-state index contributed by atoms with van der Waals surface area (Å²) in [6, 6.07) is 3.17. The summed E-state index contributed by atoms with van der Waals surface area (Å²) in [4.78, 5) is 12.8. The van der Waals surface area contributed by atoms with E-state index in [1.165, 1.54) is 17.4 Å². The van der Waals surface area contributed by atoms with E-state index in [2.05, 4.69) is 17.9 Å². The zero-order valence-corrected chi connectivity index (χ0v) is 12.3. The third-order valence-corrected chi connectivity index (χ3v) is 3.89. The number of aromatic nitrogens is 1. The Kier molecular flexibility index (Phi) is 4.33. The minimum atomic E-state index is -4.37. The average molecular weight is 322 g/mol. The van der Waals surface area contributed by atoms with Crippen LogP contribution in [0.2, 0.25) is 0 Å². The normalized spacial score (nSPS) is 12.1. The molecule has 0 unspecified atom stereocenters. The molecule has 2 aromatic heterocycles. The lowest BCUT2D eigenvalue weighted by Crippen LogP contribution is -2.29. The largest absolute Gasteiger partial charge is 0.406 e. The quantitative estimate of drug-likeness (QED) is 0.833. The second kappa shape index (κ2) is 5.69. The molecule has 2 rings (SSSR count). The molecular formula is C12H13F3N2OS2. The summed E-state index contributed by atoms with van der Waals surface area (Å²) in [7, 11) is 0. The Hall–Kier alpha value is -1.15. The van der Waals surface area contributed by atoms with Crippen LogP contribution < -0.4 is 5.32 Å². The molecule has 0 radical (unpaired) electrons. The molecule has 0 aromatic carbocycles. The van der Waals surface area contributed by atoms with E-state index in [9.17, 15) is 18.0 Å². The van der Waals surface area contributed by atoms with Crippen molar-refractivity contribution < 1.29 is 18.0 Å². The molecule has 2 heterocycles. The van der Waals surface area contributed by atoms with Gasteiger partial charge in [-0.1, -0.05) is 0 Å². The number of carbonyl (C=O) groups is 1. The van der Waals surface area contributed by atoms with Crippen LogP contribution in [-0.2, 0) is 6.54 Å². The fourth-order valence-electron chi connectivity index (χ4n) is 1.96. The third kappa shape index (κ3) is 3.29. The van der Waals surface area contributed by atoms with Gasteiger partial charge in [0, 0.05) is 17.2 Å². The number of nitrogens with one attached hydrogen (secondary N) is 1. The Balaban J connectivity index is 2.44. The number of nitrogens with zero attached hydrogens (tertiary/aromatic N) is 1. The number of rotatable bonds is 4. The molecule has 0 aliphatic carbocycles. The van der Waals surface area contributed by atoms with Gasteiger partial charge in [0.2, 0.25) is 0 Å². The van der Waals surface area contributed by atoms with Gasteiger partial charge < -0.3 is 9.88 Å². The molecule has 3 nitrogen and oxygen atoms in total. The van der Waals surface area contributed by atoms with Gasteiger partial charge in [0.15, 0.2) is 0 Å². The highest BCUT2D eigenvalue weighted by Gasteiger charge is 2.31. The van der Waals surface area contributed by atoms with E-state index in [1.807, 2.05) is 6.92 Å². The Morgan fingerprint density at radius 3 is 2.75 bits per heavy atom. The predicted octanol–water partition coefficient (Wildman–Crippen LogP) is 3.23. The fraction of sp³-hybridized carbons (Fsp3) is 0.417. The maximum Gasteiger partial charge on any atom is 0.406 e. The van der Waals surface area contributed by atoms with Crippen LogP contribution in [0.1, 0.15) is 15.4 Å². The Labute approximate surface area is 123 Å². The van der Waals surface area contributed by atoms with Gasteiger partial charge in [-0.3, -0.25) is 4.79 Å². The van der Waals surface area contributed by atoms with Gasteiger partial charge in [0.25, 0.3) is 5.91 Å². The number of fused-ring (bicyclic) bond motifs is 1. The number of alkyl halides is 3. The monoisotopic (exact) mass is 322 g/mol. The highest BCUT2D eigenvalue weighted by molar-refractivity contribution is 7.80. The van der Waals surface area contributed by atoms with E-state index in [0.29, 0.717) is 22.5 Å². The number of halogens is 3. The van der Waals surface area contributed by atoms with E-state index in [1.54, 1.807) is 6.07 Å². The second-order valence-corrected chi connectivity index (χ2v) is 6.05. The number of thiophene rings is 1. The smallest absolute Gasteiger partial charge is 0.350 e. The molecule has 0 saturated carbocycles. The number of hydrogen-bond acceptors (Lipinski definition) is 3. The van der Waals surface area contributed by atoms with E-state index < -0.39 is 18.6 Å². The zero-order valence-electron chi connectivity index (χ0n) is 10.6. The molecule has 2 aromatic rings. The van der Waals surface area contributed by atoms with Gasteiger partial charge in [0.1, 0.15) is 12.2 Å². The van der Waals surface area contributed by atoms with Crippen LogP contribution in [0.3, 0.4) is 0 Å². The van der Waals surface area contributed by atoms with Crippen LogP contribution >= 0.6 is 24.0 Å². The molecule has 8 heteroatoms. The van der Waals surface area contributed by atoms with Gasteiger partial charge in [-0.05, 0) is 19.1 Å². The first kappa shape index (κ1) is 15.2. The Morgan fingerprint density at radius 1 is 1.45 bits per heavy atom. The van der Waals surface area contributed by atoms with E-state index in [4.69, 9.17) is 0 Å². The van der Waals surface area contributed by atoms with Crippen LogP contribution in [0.15, 0.2) is 12.1 Å². The Morgan fingerprint density at radius 2 is 2.15 bits per heavy atom. The fourth-order valence-corrected chi connectivity index (χ4v) is 3.04. The predicted molar refractivity (Wildman–Crippen MR) is 76.8 cm³/mol. The number of carbonyl (C=O) groups excluding carboxylic acids is 1. The summed E-state index contributed by atoms with van der Waals surface area (Å²) in [6.07, 6.45) is -4.37. The van der Waals surface area contributed by atoms with Crippen molar-refractivity contribution in [3.8, 4) is 0 Å². The topological polar surface area (TPSA) is 34.0 Å². The minimum Gasteiger partial charge on any atom is -0.350 e. The van der Waals surface area contributed by atoms with Gasteiger partial charge in [0.05, 0.1) is 10.2 Å². The van der Waals surface area contributed by atoms with Crippen molar-refractivity contribution in [3.63, 3.8) is 0 Å². The molecule has 0 fully saturated rings. The summed E-state index contributed by atoms with van der Waals surface area (Å²) in [6.45, 7) is 0.964. The number of thiol groups is 1. The number of aryl methyl sites for hydroxylation is 1. The maximum absolute atomic E-state index is 12.7. The summed E-state index contributed by atoms with van der Waals surface area (Å²) in [5.74, 6) is -0.0801. The van der Waals surface area contributed by atoms with E-state index in [-0.39, 0.29) is 5.69 Å². The van der Waals surface area contributed by atoms with Gasteiger partial charge in [-0.2, -0.15) is 25.8 Å². The average Bonchev–Trinajstić information content (AvgIpc) is 2.83. The molecule has 110 valence electrons. The summed E-state index contributed by atoms with van der Waals surface area (Å²) in [5, 5.41) is 2.54. The van der Waals surface area contributed by atoms with Crippen molar-refractivity contribution in [1.82, 2.24) is 9.88 Å². The first-order valence-corrected chi connectivity index (χ1v) is 7.32. The highest BCUT2D eigenvalue weighted by atomic mass is 32.1. The van der Waals surface area contributed by atoms with Crippen molar-refractivity contribution in [2.75, 3.05) is 12.3 Å². The van der Waals surface area contributed by atoms with Crippen molar-refractivity contribution in [1.29, 1.82) is 0 Å². The molecule has 1 amide bonds. The molecular weight excluding hydrogens is 309 g/mol. The van der Waals surface area contributed by atoms with Crippen LogP contribution in [-0.4, -0.2) is 28.9 Å². The van der Waals surface area contributed by atoms with Crippen molar-refractivity contribution in [2.24, 2.45) is 0 Å². The van der Waals surface area contributed by atoms with Crippen LogP contribution in [0.5, 0.6) is 0 Å². The van der Waals surface area contributed by atoms with Gasteiger partial charge in [-0.25, -0.2) is 0 Å². The Bertz CT molecular complexity index is 630. The maximum atomic E-state index is 12.7. The summed E-state index contributed by atoms with van der Waals surface area (Å²) >= 11 is 5.33. The van der Waals surface area contributed by atoms with Crippen LogP contribution in [0, 0.1) is 6.92 Å². The lowest BCUT2D eigenvalue weighted by molar-refractivity contribution is -0.140. The molecule has 0 spiro atoms. The molecule has 0 atom stereocenters. The highest BCUT2D eigenvalue weighted by Crippen LogP contribution is 2.31. The van der Waals surface area contributed by atoms with Crippen molar-refractivity contribution in [3.05, 3.63) is 22.7 Å². The van der Waals surface area contributed by atoms with Crippen LogP contribution in [0.4, 0.5) is 13.2 Å². The van der Waals surface area contributed by atoms with Crippen LogP contribution in [0.25, 0.3) is 10.2 Å². The van der Waals surface area contributed by atoms with Gasteiger partial charge in [-0.15, -0.1) is 11.3 Å². The first-order valence-electron chi connectivity index (χ1n) is 5.87. The third-order valence-electron chi connectivity index (χ3n) is 2.68. The first-order chi connectivity index (χ1) is 9.31. The molecule has 20 heavy (non-hydrogen) atoms. The van der Waals surface area contributed by atoms with Crippen molar-refractivity contribution >= 4 is 40.1 Å². The lowest BCUT2D eigenvalue weighted by atomic mass is 10.4. The standard InChI is InChI=1S/C12H13F3N2OS2/c1-7-4-8-10(20-7)5-9(11(18)16-2-3-19)17(8)6-12(13,14)15/h4-5,19H,2-3,6H2,1H3,(H,16,18). The van der Waals surface area contributed by atoms with E-state index >= 15 is 0 Å². The lowest BCUT2D eigenvalue weighted by Gasteiger charge is -2.12. The van der Waals surface area contributed by atoms with Crippen molar-refractivity contribution in [2.45, 2.75) is 19.6 Å². The second-order valence-electron chi connectivity index (χ2n) is 4.32. The molecule has 0 aliphatic rings. The minimum absolute atomic E-state index is 0.0327. The summed E-state index contributed by atoms with van der Waals surface area (Å²) < 4.78 is 39.8. The van der Waals surface area contributed by atoms with E-state index in [0.717, 1.165) is 9.44 Å². The molecule has 1 N–H and O–H groups in total. The number of hydrogen-bond donors (Lipinski definition) is 2. The van der Waals surface area contributed by atoms with Gasteiger partial charge >= 0.3 is 6.18 Å². The SMILES string of the molecule is Cc1cc2c(cc(C(=O)NCCS)n2CC(F)(F)F)s1. The molecule has 0 bridgehead atoms. The molecule has 0 saturated heterocycles. The summed E-state index contributed by atoms with van der Waals surface area (Å²) in [5.41, 5.74) is 0.478. The number of amides is 1. The molecule has 0 aliphatic heterocycles. The zero-order chi connectivity index (χ0) is 14.9.